The van der Waals surface area contributed by atoms with Gasteiger partial charge in [-0.15, -0.1) is 0 Å². The van der Waals surface area contributed by atoms with Crippen LogP contribution in [-0.4, -0.2) is 12.6 Å². The second-order valence-corrected chi connectivity index (χ2v) is 7.66. The van der Waals surface area contributed by atoms with Crippen molar-refractivity contribution in [3.8, 4) is 0 Å². The second kappa shape index (κ2) is 6.93. The van der Waals surface area contributed by atoms with Crippen LogP contribution >= 0.6 is 0 Å². The molecule has 1 heteroatoms. The van der Waals surface area contributed by atoms with Crippen LogP contribution in [0.25, 0.3) is 0 Å². The standard InChI is InChI=1S/C17H35N/c1-7-8-14(4)16-11-17(5,6)10-9-15(16)12-18-13(2)3/h13-16,18H,7-12H2,1-6H3. The molecule has 108 valence electrons. The highest BCUT2D eigenvalue weighted by Gasteiger charge is 2.36. The molecular formula is C17H35N. The highest BCUT2D eigenvalue weighted by atomic mass is 14.9. The zero-order chi connectivity index (χ0) is 13.8. The lowest BCUT2D eigenvalue weighted by Crippen LogP contribution is -2.40. The van der Waals surface area contributed by atoms with Gasteiger partial charge in [-0.1, -0.05) is 54.4 Å². The first-order valence-corrected chi connectivity index (χ1v) is 8.09. The molecule has 0 aliphatic heterocycles. The Labute approximate surface area is 115 Å². The Morgan fingerprint density at radius 2 is 1.89 bits per heavy atom. The van der Waals surface area contributed by atoms with Gasteiger partial charge in [0, 0.05) is 6.04 Å². The molecule has 0 heterocycles. The average molecular weight is 253 g/mol. The summed E-state index contributed by atoms with van der Waals surface area (Å²) in [6.07, 6.45) is 7.00. The fourth-order valence-corrected chi connectivity index (χ4v) is 3.67. The quantitative estimate of drug-likeness (QED) is 0.712. The molecule has 0 spiro atoms. The molecular weight excluding hydrogens is 218 g/mol. The van der Waals surface area contributed by atoms with E-state index in [1.54, 1.807) is 0 Å². The van der Waals surface area contributed by atoms with Crippen LogP contribution in [0, 0.1) is 23.2 Å². The lowest BCUT2D eigenvalue weighted by molar-refractivity contribution is 0.0743. The van der Waals surface area contributed by atoms with Gasteiger partial charge in [0.05, 0.1) is 0 Å². The SMILES string of the molecule is CCCC(C)C1CC(C)(C)CCC1CNC(C)C. The molecule has 3 unspecified atom stereocenters. The van der Waals surface area contributed by atoms with Gasteiger partial charge >= 0.3 is 0 Å². The summed E-state index contributed by atoms with van der Waals surface area (Å²) >= 11 is 0. The Balaban J connectivity index is 2.61. The van der Waals surface area contributed by atoms with Gasteiger partial charge in [-0.2, -0.15) is 0 Å². The van der Waals surface area contributed by atoms with E-state index in [9.17, 15) is 0 Å². The zero-order valence-electron chi connectivity index (χ0n) is 13.6. The van der Waals surface area contributed by atoms with E-state index in [4.69, 9.17) is 0 Å². The van der Waals surface area contributed by atoms with Gasteiger partial charge in [0.1, 0.15) is 0 Å². The summed E-state index contributed by atoms with van der Waals surface area (Å²) < 4.78 is 0. The summed E-state index contributed by atoms with van der Waals surface area (Å²) in [7, 11) is 0. The third kappa shape index (κ3) is 4.91. The third-order valence-electron chi connectivity index (χ3n) is 4.85. The Kier molecular flexibility index (Phi) is 6.17. The largest absolute Gasteiger partial charge is 0.314 e. The topological polar surface area (TPSA) is 12.0 Å². The van der Waals surface area contributed by atoms with Crippen LogP contribution in [0.3, 0.4) is 0 Å². The van der Waals surface area contributed by atoms with E-state index in [2.05, 4.69) is 46.9 Å². The normalized spacial score (nSPS) is 29.5. The molecule has 18 heavy (non-hydrogen) atoms. The van der Waals surface area contributed by atoms with E-state index in [0.717, 1.165) is 17.8 Å². The van der Waals surface area contributed by atoms with Crippen LogP contribution < -0.4 is 5.32 Å². The molecule has 0 saturated heterocycles. The van der Waals surface area contributed by atoms with Gasteiger partial charge < -0.3 is 5.32 Å². The predicted molar refractivity (Wildman–Crippen MR) is 81.8 cm³/mol. The molecule has 0 radical (unpaired) electrons. The number of nitrogens with one attached hydrogen (secondary N) is 1. The predicted octanol–water partition coefficient (Wildman–Crippen LogP) is 4.86. The molecule has 0 amide bonds. The van der Waals surface area contributed by atoms with Crippen LogP contribution in [0.15, 0.2) is 0 Å². The van der Waals surface area contributed by atoms with Crippen molar-refractivity contribution in [3.05, 3.63) is 0 Å². The van der Waals surface area contributed by atoms with Gasteiger partial charge in [0.15, 0.2) is 0 Å². The van der Waals surface area contributed by atoms with E-state index in [1.165, 1.54) is 38.6 Å². The molecule has 1 fully saturated rings. The number of hydrogen-bond donors (Lipinski definition) is 1. The van der Waals surface area contributed by atoms with Crippen LogP contribution in [0.5, 0.6) is 0 Å². The zero-order valence-corrected chi connectivity index (χ0v) is 13.6. The molecule has 1 aliphatic rings. The lowest BCUT2D eigenvalue weighted by Gasteiger charge is -2.44. The molecule has 0 aromatic carbocycles. The Hall–Kier alpha value is -0.0400. The molecule has 1 rings (SSSR count). The molecule has 1 saturated carbocycles. The van der Waals surface area contributed by atoms with Crippen molar-refractivity contribution in [2.45, 2.75) is 79.7 Å². The van der Waals surface area contributed by atoms with Gasteiger partial charge in [-0.25, -0.2) is 0 Å². The molecule has 0 aromatic rings. The summed E-state index contributed by atoms with van der Waals surface area (Å²) in [4.78, 5) is 0. The maximum atomic E-state index is 3.67. The molecule has 3 atom stereocenters. The minimum Gasteiger partial charge on any atom is -0.314 e. The maximum absolute atomic E-state index is 3.67. The summed E-state index contributed by atoms with van der Waals surface area (Å²) in [6.45, 7) is 15.5. The first-order valence-electron chi connectivity index (χ1n) is 8.09. The fraction of sp³-hybridized carbons (Fsp3) is 1.00. The summed E-state index contributed by atoms with van der Waals surface area (Å²) in [6, 6.07) is 0.627. The van der Waals surface area contributed by atoms with Gasteiger partial charge in [-0.05, 0) is 49.0 Å². The monoisotopic (exact) mass is 253 g/mol. The van der Waals surface area contributed by atoms with E-state index in [0.29, 0.717) is 11.5 Å². The van der Waals surface area contributed by atoms with Crippen molar-refractivity contribution in [1.29, 1.82) is 0 Å². The first-order chi connectivity index (χ1) is 8.35. The maximum Gasteiger partial charge on any atom is 0.00104 e. The van der Waals surface area contributed by atoms with E-state index < -0.39 is 0 Å². The smallest absolute Gasteiger partial charge is 0.00104 e. The Morgan fingerprint density at radius 1 is 1.22 bits per heavy atom. The van der Waals surface area contributed by atoms with Crippen molar-refractivity contribution < 1.29 is 0 Å². The van der Waals surface area contributed by atoms with Crippen LogP contribution in [0.2, 0.25) is 0 Å². The van der Waals surface area contributed by atoms with Gasteiger partial charge in [0.25, 0.3) is 0 Å². The first kappa shape index (κ1) is 16.0. The Bertz CT molecular complexity index is 230. The van der Waals surface area contributed by atoms with E-state index >= 15 is 0 Å². The summed E-state index contributed by atoms with van der Waals surface area (Å²) in [5.41, 5.74) is 0.570. The minimum atomic E-state index is 0.570. The third-order valence-corrected chi connectivity index (χ3v) is 4.85. The van der Waals surface area contributed by atoms with Crippen molar-refractivity contribution in [3.63, 3.8) is 0 Å². The highest BCUT2D eigenvalue weighted by Crippen LogP contribution is 2.45. The summed E-state index contributed by atoms with van der Waals surface area (Å²) in [5.74, 6) is 2.73. The lowest BCUT2D eigenvalue weighted by atomic mass is 9.63. The van der Waals surface area contributed by atoms with Gasteiger partial charge in [-0.3, -0.25) is 0 Å². The van der Waals surface area contributed by atoms with Gasteiger partial charge in [0.2, 0.25) is 0 Å². The molecule has 0 bridgehead atoms. The average Bonchev–Trinajstić information content (AvgIpc) is 2.26. The van der Waals surface area contributed by atoms with Crippen molar-refractivity contribution in [2.24, 2.45) is 23.2 Å². The van der Waals surface area contributed by atoms with Crippen molar-refractivity contribution >= 4 is 0 Å². The van der Waals surface area contributed by atoms with E-state index in [-0.39, 0.29) is 0 Å². The number of rotatable bonds is 6. The fourth-order valence-electron chi connectivity index (χ4n) is 3.67. The van der Waals surface area contributed by atoms with Crippen LogP contribution in [0.1, 0.15) is 73.6 Å². The molecule has 0 aromatic heterocycles. The minimum absolute atomic E-state index is 0.570. The summed E-state index contributed by atoms with van der Waals surface area (Å²) in [5, 5.41) is 3.67. The van der Waals surface area contributed by atoms with Crippen LogP contribution in [0.4, 0.5) is 0 Å². The number of hydrogen-bond acceptors (Lipinski definition) is 1. The van der Waals surface area contributed by atoms with E-state index in [1.807, 2.05) is 0 Å². The Morgan fingerprint density at radius 3 is 2.44 bits per heavy atom. The highest BCUT2D eigenvalue weighted by molar-refractivity contribution is 4.88. The van der Waals surface area contributed by atoms with Crippen LogP contribution in [-0.2, 0) is 0 Å². The molecule has 1 N–H and O–H groups in total. The van der Waals surface area contributed by atoms with Crippen molar-refractivity contribution in [1.82, 2.24) is 5.32 Å². The van der Waals surface area contributed by atoms with Crippen molar-refractivity contribution in [2.75, 3.05) is 6.54 Å². The second-order valence-electron chi connectivity index (χ2n) is 7.66. The molecule has 1 aliphatic carbocycles. The molecule has 1 nitrogen and oxygen atoms in total.